The lowest BCUT2D eigenvalue weighted by Gasteiger charge is -2.06. The first kappa shape index (κ1) is 12.1. The number of aromatic nitrogens is 1. The molecule has 0 unspecified atom stereocenters. The zero-order valence-corrected chi connectivity index (χ0v) is 11.0. The standard InChI is InChI=1S/C12H11ClN2OS/c1-15(2)12(16)10-7-14-11(17-10)8-5-3-4-6-9(8)13/h3-7H,1-2H3. The van der Waals surface area contributed by atoms with Gasteiger partial charge in [0.1, 0.15) is 9.88 Å². The number of thiazole rings is 1. The van der Waals surface area contributed by atoms with Crippen molar-refractivity contribution in [3.63, 3.8) is 0 Å². The van der Waals surface area contributed by atoms with Gasteiger partial charge in [0.15, 0.2) is 0 Å². The van der Waals surface area contributed by atoms with E-state index in [1.807, 2.05) is 24.3 Å². The monoisotopic (exact) mass is 266 g/mol. The summed E-state index contributed by atoms with van der Waals surface area (Å²) < 4.78 is 0. The maximum Gasteiger partial charge on any atom is 0.265 e. The molecule has 0 radical (unpaired) electrons. The fourth-order valence-corrected chi connectivity index (χ4v) is 2.61. The summed E-state index contributed by atoms with van der Waals surface area (Å²) in [5.74, 6) is -0.0409. The van der Waals surface area contributed by atoms with Gasteiger partial charge in [-0.15, -0.1) is 11.3 Å². The predicted octanol–water partition coefficient (Wildman–Crippen LogP) is 3.17. The Kier molecular flexibility index (Phi) is 3.45. The Labute approximate surface area is 109 Å². The molecule has 1 aromatic carbocycles. The normalized spacial score (nSPS) is 10.3. The van der Waals surface area contributed by atoms with Gasteiger partial charge in [-0.1, -0.05) is 29.8 Å². The molecule has 88 valence electrons. The fourth-order valence-electron chi connectivity index (χ4n) is 1.35. The molecule has 1 aromatic heterocycles. The molecular weight excluding hydrogens is 256 g/mol. The van der Waals surface area contributed by atoms with E-state index in [0.717, 1.165) is 10.6 Å². The van der Waals surface area contributed by atoms with E-state index in [2.05, 4.69) is 4.98 Å². The highest BCUT2D eigenvalue weighted by Gasteiger charge is 2.14. The van der Waals surface area contributed by atoms with Crippen molar-refractivity contribution in [1.29, 1.82) is 0 Å². The Morgan fingerprint density at radius 2 is 2.06 bits per heavy atom. The second-order valence-corrected chi connectivity index (χ2v) is 5.15. The molecule has 5 heteroatoms. The van der Waals surface area contributed by atoms with E-state index in [0.29, 0.717) is 9.90 Å². The number of nitrogens with zero attached hydrogens (tertiary/aromatic N) is 2. The molecule has 0 spiro atoms. The number of benzene rings is 1. The summed E-state index contributed by atoms with van der Waals surface area (Å²) in [7, 11) is 3.44. The molecule has 0 saturated carbocycles. The van der Waals surface area contributed by atoms with Gasteiger partial charge in [0.2, 0.25) is 0 Å². The summed E-state index contributed by atoms with van der Waals surface area (Å²) in [6.45, 7) is 0. The molecule has 0 aliphatic heterocycles. The van der Waals surface area contributed by atoms with Gasteiger partial charge in [-0.05, 0) is 6.07 Å². The Morgan fingerprint density at radius 3 is 2.71 bits per heavy atom. The van der Waals surface area contributed by atoms with Crippen LogP contribution in [-0.4, -0.2) is 29.9 Å². The van der Waals surface area contributed by atoms with Gasteiger partial charge in [-0.25, -0.2) is 4.98 Å². The Hall–Kier alpha value is -1.39. The Morgan fingerprint density at radius 1 is 1.35 bits per heavy atom. The topological polar surface area (TPSA) is 33.2 Å². The van der Waals surface area contributed by atoms with Crippen LogP contribution in [0.4, 0.5) is 0 Å². The molecule has 1 heterocycles. The van der Waals surface area contributed by atoms with Crippen molar-refractivity contribution in [3.05, 3.63) is 40.4 Å². The number of rotatable bonds is 2. The van der Waals surface area contributed by atoms with Gasteiger partial charge in [-0.2, -0.15) is 0 Å². The van der Waals surface area contributed by atoms with Crippen molar-refractivity contribution in [2.75, 3.05) is 14.1 Å². The third-order valence-electron chi connectivity index (χ3n) is 2.23. The highest BCUT2D eigenvalue weighted by Crippen LogP contribution is 2.31. The molecular formula is C12H11ClN2OS. The second-order valence-electron chi connectivity index (χ2n) is 3.71. The molecule has 0 aliphatic carbocycles. The van der Waals surface area contributed by atoms with E-state index in [1.54, 1.807) is 20.3 Å². The van der Waals surface area contributed by atoms with E-state index in [9.17, 15) is 4.79 Å². The van der Waals surface area contributed by atoms with Gasteiger partial charge >= 0.3 is 0 Å². The van der Waals surface area contributed by atoms with Crippen LogP contribution in [0.15, 0.2) is 30.5 Å². The summed E-state index contributed by atoms with van der Waals surface area (Å²) in [5, 5.41) is 1.41. The third kappa shape index (κ3) is 2.48. The number of hydrogen-bond acceptors (Lipinski definition) is 3. The molecule has 2 rings (SSSR count). The highest BCUT2D eigenvalue weighted by molar-refractivity contribution is 7.17. The van der Waals surface area contributed by atoms with Crippen LogP contribution in [0.3, 0.4) is 0 Å². The third-order valence-corrected chi connectivity index (χ3v) is 3.58. The molecule has 17 heavy (non-hydrogen) atoms. The van der Waals surface area contributed by atoms with Gasteiger partial charge in [0, 0.05) is 19.7 Å². The molecule has 0 fully saturated rings. The minimum atomic E-state index is -0.0409. The second kappa shape index (κ2) is 4.85. The molecule has 0 aliphatic rings. The van der Waals surface area contributed by atoms with E-state index >= 15 is 0 Å². The van der Waals surface area contributed by atoms with Crippen LogP contribution in [0.5, 0.6) is 0 Å². The SMILES string of the molecule is CN(C)C(=O)c1cnc(-c2ccccc2Cl)s1. The summed E-state index contributed by atoms with van der Waals surface area (Å²) in [4.78, 5) is 18.1. The number of halogens is 1. The predicted molar refractivity (Wildman–Crippen MR) is 70.6 cm³/mol. The maximum atomic E-state index is 11.7. The molecule has 1 amide bonds. The van der Waals surface area contributed by atoms with Crippen molar-refractivity contribution >= 4 is 28.8 Å². The molecule has 0 saturated heterocycles. The lowest BCUT2D eigenvalue weighted by molar-refractivity contribution is 0.0832. The maximum absolute atomic E-state index is 11.7. The molecule has 0 bridgehead atoms. The lowest BCUT2D eigenvalue weighted by Crippen LogP contribution is -2.20. The molecule has 2 aromatic rings. The van der Waals surface area contributed by atoms with Crippen LogP contribution in [-0.2, 0) is 0 Å². The summed E-state index contributed by atoms with van der Waals surface area (Å²) >= 11 is 7.43. The number of carbonyl (C=O) groups excluding carboxylic acids is 1. The largest absolute Gasteiger partial charge is 0.344 e. The van der Waals surface area contributed by atoms with E-state index in [-0.39, 0.29) is 5.91 Å². The fraction of sp³-hybridized carbons (Fsp3) is 0.167. The Balaban J connectivity index is 2.37. The van der Waals surface area contributed by atoms with Crippen molar-refractivity contribution in [2.45, 2.75) is 0 Å². The van der Waals surface area contributed by atoms with Gasteiger partial charge < -0.3 is 4.90 Å². The average Bonchev–Trinajstić information content (AvgIpc) is 2.77. The zero-order valence-electron chi connectivity index (χ0n) is 9.48. The van der Waals surface area contributed by atoms with Crippen molar-refractivity contribution < 1.29 is 4.79 Å². The smallest absolute Gasteiger partial charge is 0.265 e. The summed E-state index contributed by atoms with van der Waals surface area (Å²) in [5.41, 5.74) is 0.858. The van der Waals surface area contributed by atoms with Crippen molar-refractivity contribution in [1.82, 2.24) is 9.88 Å². The zero-order chi connectivity index (χ0) is 12.4. The highest BCUT2D eigenvalue weighted by atomic mass is 35.5. The molecule has 3 nitrogen and oxygen atoms in total. The number of hydrogen-bond donors (Lipinski definition) is 0. The first-order chi connectivity index (χ1) is 8.09. The molecule has 0 atom stereocenters. The van der Waals surface area contributed by atoms with Gasteiger partial charge in [0.25, 0.3) is 5.91 Å². The lowest BCUT2D eigenvalue weighted by atomic mass is 10.2. The minimum Gasteiger partial charge on any atom is -0.344 e. The van der Waals surface area contributed by atoms with E-state index in [1.165, 1.54) is 16.2 Å². The minimum absolute atomic E-state index is 0.0409. The average molecular weight is 267 g/mol. The quantitative estimate of drug-likeness (QED) is 0.837. The van der Waals surface area contributed by atoms with Crippen LogP contribution < -0.4 is 0 Å². The van der Waals surface area contributed by atoms with Crippen molar-refractivity contribution in [3.8, 4) is 10.6 Å². The van der Waals surface area contributed by atoms with Crippen molar-refractivity contribution in [2.24, 2.45) is 0 Å². The van der Waals surface area contributed by atoms with Crippen LogP contribution in [0, 0.1) is 0 Å². The van der Waals surface area contributed by atoms with E-state index < -0.39 is 0 Å². The van der Waals surface area contributed by atoms with Gasteiger partial charge in [-0.3, -0.25) is 4.79 Å². The van der Waals surface area contributed by atoms with Crippen LogP contribution in [0.25, 0.3) is 10.6 Å². The first-order valence-corrected chi connectivity index (χ1v) is 6.21. The van der Waals surface area contributed by atoms with Crippen LogP contribution in [0.1, 0.15) is 9.67 Å². The van der Waals surface area contributed by atoms with Gasteiger partial charge in [0.05, 0.1) is 11.2 Å². The summed E-state index contributed by atoms with van der Waals surface area (Å²) in [6.07, 6.45) is 1.59. The van der Waals surface area contributed by atoms with Crippen LogP contribution >= 0.6 is 22.9 Å². The number of carbonyl (C=O) groups is 1. The Bertz CT molecular complexity index is 551. The van der Waals surface area contributed by atoms with Crippen LogP contribution in [0.2, 0.25) is 5.02 Å². The van der Waals surface area contributed by atoms with E-state index in [4.69, 9.17) is 11.6 Å². The first-order valence-electron chi connectivity index (χ1n) is 5.02. The molecule has 0 N–H and O–H groups in total. The number of amides is 1. The summed E-state index contributed by atoms with van der Waals surface area (Å²) in [6, 6.07) is 7.47.